The predicted octanol–water partition coefficient (Wildman–Crippen LogP) is 3.63. The average molecular weight is 505 g/mol. The van der Waals surface area contributed by atoms with Crippen molar-refractivity contribution >= 4 is 46.6 Å². The van der Waals surface area contributed by atoms with E-state index >= 15 is 0 Å². The van der Waals surface area contributed by atoms with Gasteiger partial charge >= 0.3 is 5.69 Å². The van der Waals surface area contributed by atoms with Crippen LogP contribution < -0.4 is 15.9 Å². The van der Waals surface area contributed by atoms with Gasteiger partial charge in [-0.15, -0.1) is 0 Å². The molecule has 1 atom stereocenters. The van der Waals surface area contributed by atoms with Crippen LogP contribution in [0.1, 0.15) is 40.0 Å². The summed E-state index contributed by atoms with van der Waals surface area (Å²) in [6.45, 7) is 7.78. The number of carbonyl (C=O) groups is 1. The fourth-order valence-corrected chi connectivity index (χ4v) is 4.33. The van der Waals surface area contributed by atoms with Crippen LogP contribution in [0.15, 0.2) is 29.2 Å². The van der Waals surface area contributed by atoms with Crippen LogP contribution >= 0.6 is 11.6 Å². The molecule has 1 aliphatic heterocycles. The fourth-order valence-electron chi connectivity index (χ4n) is 4.20. The van der Waals surface area contributed by atoms with Crippen molar-refractivity contribution in [2.75, 3.05) is 23.3 Å². The van der Waals surface area contributed by atoms with Crippen LogP contribution in [0.2, 0.25) is 5.02 Å². The molecule has 11 heteroatoms. The molecular weight excluding hydrogens is 472 g/mol. The summed E-state index contributed by atoms with van der Waals surface area (Å²) in [5, 5.41) is 20.7. The van der Waals surface area contributed by atoms with Gasteiger partial charge in [0.05, 0.1) is 22.8 Å². The van der Waals surface area contributed by atoms with E-state index in [1.54, 1.807) is 36.2 Å². The first kappa shape index (κ1) is 26.5. The second-order valence-corrected chi connectivity index (χ2v) is 9.96. The summed E-state index contributed by atoms with van der Waals surface area (Å²) in [5.74, 6) is 1.82. The van der Waals surface area contributed by atoms with Crippen LogP contribution in [-0.4, -0.2) is 54.5 Å². The number of anilines is 3. The van der Waals surface area contributed by atoms with E-state index in [1.165, 1.54) is 6.42 Å². The van der Waals surface area contributed by atoms with E-state index < -0.39 is 5.60 Å². The Kier molecular flexibility index (Phi) is 8.39. The largest absolute Gasteiger partial charge is 0.483 e. The van der Waals surface area contributed by atoms with Crippen LogP contribution in [0.5, 0.6) is 0 Å². The summed E-state index contributed by atoms with van der Waals surface area (Å²) in [6.07, 6.45) is 4.45. The smallest absolute Gasteiger partial charge is 0.328 e. The summed E-state index contributed by atoms with van der Waals surface area (Å²) in [4.78, 5) is 32.4. The number of hydrogen-bond donors (Lipinski definition) is 3. The molecule has 0 spiro atoms. The SMILES string of the molecule is CC1CCCN(c2ncc(Cl)c(Nc3ccc4c(c3)n(CCC(C)(C)O)c(=O)n4C)n2)C1.O=CO. The van der Waals surface area contributed by atoms with E-state index in [1.807, 2.05) is 18.2 Å². The lowest BCUT2D eigenvalue weighted by atomic mass is 10.0. The Hall–Kier alpha value is -3.11. The molecule has 0 saturated carbocycles. The van der Waals surface area contributed by atoms with Gasteiger partial charge in [0.25, 0.3) is 6.47 Å². The average Bonchev–Trinajstić information content (AvgIpc) is 3.03. The van der Waals surface area contributed by atoms with E-state index in [4.69, 9.17) is 21.5 Å². The molecule has 3 aromatic rings. The van der Waals surface area contributed by atoms with E-state index in [0.29, 0.717) is 35.7 Å². The van der Waals surface area contributed by atoms with Crippen LogP contribution in [0.3, 0.4) is 0 Å². The van der Waals surface area contributed by atoms with Crippen LogP contribution in [-0.2, 0) is 18.4 Å². The Balaban J connectivity index is 0.00000108. The third-order valence-electron chi connectivity index (χ3n) is 6.03. The van der Waals surface area contributed by atoms with Gasteiger partial charge in [-0.1, -0.05) is 18.5 Å². The van der Waals surface area contributed by atoms with Gasteiger partial charge in [0, 0.05) is 32.4 Å². The number of aliphatic hydroxyl groups is 1. The lowest BCUT2D eigenvalue weighted by Gasteiger charge is -2.31. The number of piperidine rings is 1. The number of nitrogens with one attached hydrogen (secondary N) is 1. The van der Waals surface area contributed by atoms with E-state index in [9.17, 15) is 9.90 Å². The Labute approximate surface area is 209 Å². The Morgan fingerprint density at radius 2 is 2.03 bits per heavy atom. The molecule has 1 aromatic carbocycles. The minimum atomic E-state index is -0.853. The molecule has 1 unspecified atom stereocenters. The molecular formula is C24H33ClN6O4. The summed E-state index contributed by atoms with van der Waals surface area (Å²) in [6, 6.07) is 5.73. The number of hydrogen-bond acceptors (Lipinski definition) is 7. The van der Waals surface area contributed by atoms with Crippen LogP contribution in [0.25, 0.3) is 11.0 Å². The summed E-state index contributed by atoms with van der Waals surface area (Å²) >= 11 is 6.40. The van der Waals surface area contributed by atoms with Crippen LogP contribution in [0.4, 0.5) is 17.5 Å². The van der Waals surface area contributed by atoms with Gasteiger partial charge in [0.1, 0.15) is 5.02 Å². The number of benzene rings is 1. The molecule has 0 radical (unpaired) electrons. The zero-order valence-corrected chi connectivity index (χ0v) is 21.3. The molecule has 3 heterocycles. The highest BCUT2D eigenvalue weighted by atomic mass is 35.5. The standard InChI is InChI=1S/C23H31ClN6O2.CH2O2/c1-15-6-5-10-29(14-15)21-25-13-17(24)20(27-21)26-16-7-8-18-19(12-16)30(22(31)28(18)4)11-9-23(2,3)32;2-1-3/h7-8,12-13,15,32H,5-6,9-11,14H2,1-4H3,(H,25,26,27);1H,(H,2,3). The lowest BCUT2D eigenvalue weighted by molar-refractivity contribution is -0.122. The van der Waals surface area contributed by atoms with Gasteiger partial charge in [-0.25, -0.2) is 9.78 Å². The maximum Gasteiger partial charge on any atom is 0.328 e. The van der Waals surface area contributed by atoms with Crippen LogP contribution in [0, 0.1) is 5.92 Å². The van der Waals surface area contributed by atoms with Gasteiger partial charge < -0.3 is 20.4 Å². The quantitative estimate of drug-likeness (QED) is 0.434. The van der Waals surface area contributed by atoms with E-state index in [2.05, 4.69) is 27.1 Å². The van der Waals surface area contributed by atoms with Gasteiger partial charge in [-0.2, -0.15) is 4.98 Å². The summed E-state index contributed by atoms with van der Waals surface area (Å²) < 4.78 is 3.32. The monoisotopic (exact) mass is 504 g/mol. The third-order valence-corrected chi connectivity index (χ3v) is 6.30. The molecule has 0 aliphatic carbocycles. The Morgan fingerprint density at radius 3 is 2.69 bits per heavy atom. The number of fused-ring (bicyclic) bond motifs is 1. The number of aromatic nitrogens is 4. The van der Waals surface area contributed by atoms with Crippen molar-refractivity contribution in [3.63, 3.8) is 0 Å². The highest BCUT2D eigenvalue weighted by Gasteiger charge is 2.20. The summed E-state index contributed by atoms with van der Waals surface area (Å²) in [5.41, 5.74) is 1.44. The Morgan fingerprint density at radius 1 is 1.31 bits per heavy atom. The van der Waals surface area contributed by atoms with Crippen molar-refractivity contribution in [1.82, 2.24) is 19.1 Å². The second kappa shape index (κ2) is 11.1. The van der Waals surface area contributed by atoms with Crippen molar-refractivity contribution < 1.29 is 15.0 Å². The van der Waals surface area contributed by atoms with Crippen molar-refractivity contribution in [2.24, 2.45) is 13.0 Å². The molecule has 1 saturated heterocycles. The Bertz CT molecular complexity index is 1230. The number of halogens is 1. The number of aryl methyl sites for hydroxylation is 2. The van der Waals surface area contributed by atoms with Crippen molar-refractivity contribution in [3.8, 4) is 0 Å². The number of nitrogens with zero attached hydrogens (tertiary/aromatic N) is 5. The second-order valence-electron chi connectivity index (χ2n) is 9.55. The molecule has 0 bridgehead atoms. The number of carboxylic acid groups (broad SMARTS) is 1. The first-order valence-electron chi connectivity index (χ1n) is 11.6. The minimum Gasteiger partial charge on any atom is -0.483 e. The maximum atomic E-state index is 12.8. The fraction of sp³-hybridized carbons (Fsp3) is 0.500. The van der Waals surface area contributed by atoms with Gasteiger partial charge in [0.15, 0.2) is 5.82 Å². The van der Waals surface area contributed by atoms with Gasteiger partial charge in [-0.05, 0) is 57.2 Å². The van der Waals surface area contributed by atoms with Gasteiger partial charge in [0.2, 0.25) is 5.95 Å². The molecule has 0 amide bonds. The molecule has 4 rings (SSSR count). The predicted molar refractivity (Wildman–Crippen MR) is 138 cm³/mol. The zero-order chi connectivity index (χ0) is 25.8. The molecule has 3 N–H and O–H groups in total. The van der Waals surface area contributed by atoms with E-state index in [0.717, 1.165) is 36.2 Å². The molecule has 10 nitrogen and oxygen atoms in total. The van der Waals surface area contributed by atoms with Crippen molar-refractivity contribution in [3.05, 3.63) is 39.9 Å². The van der Waals surface area contributed by atoms with E-state index in [-0.39, 0.29) is 12.2 Å². The third kappa shape index (κ3) is 6.52. The normalized spacial score (nSPS) is 16.1. The van der Waals surface area contributed by atoms with Crippen molar-refractivity contribution in [1.29, 1.82) is 0 Å². The lowest BCUT2D eigenvalue weighted by Crippen LogP contribution is -2.35. The first-order valence-corrected chi connectivity index (χ1v) is 12.0. The highest BCUT2D eigenvalue weighted by Crippen LogP contribution is 2.28. The minimum absolute atomic E-state index is 0.108. The molecule has 35 heavy (non-hydrogen) atoms. The zero-order valence-electron chi connectivity index (χ0n) is 20.5. The number of rotatable bonds is 6. The molecule has 190 valence electrons. The van der Waals surface area contributed by atoms with Crippen molar-refractivity contribution in [2.45, 2.75) is 52.2 Å². The molecule has 1 fully saturated rings. The number of imidazole rings is 1. The maximum absolute atomic E-state index is 12.8. The summed E-state index contributed by atoms with van der Waals surface area (Å²) in [7, 11) is 1.76. The van der Waals surface area contributed by atoms with Gasteiger partial charge in [-0.3, -0.25) is 13.9 Å². The molecule has 2 aromatic heterocycles. The first-order chi connectivity index (χ1) is 16.5. The highest BCUT2D eigenvalue weighted by molar-refractivity contribution is 6.32. The molecule has 1 aliphatic rings. The topological polar surface area (TPSA) is 126 Å².